The highest BCUT2D eigenvalue weighted by Crippen LogP contribution is 2.17. The van der Waals surface area contributed by atoms with E-state index in [1.807, 2.05) is 0 Å². The van der Waals surface area contributed by atoms with Crippen LogP contribution in [0.5, 0.6) is 0 Å². The van der Waals surface area contributed by atoms with Gasteiger partial charge < -0.3 is 9.47 Å². The normalized spacial score (nSPS) is 28.6. The zero-order chi connectivity index (χ0) is 9.84. The van der Waals surface area contributed by atoms with Gasteiger partial charge in [-0.1, -0.05) is 15.9 Å². The number of hydrogen-bond acceptors (Lipinski definition) is 4. The number of halogens is 1. The van der Waals surface area contributed by atoms with Crippen molar-refractivity contribution in [2.45, 2.75) is 11.8 Å². The van der Waals surface area contributed by atoms with Gasteiger partial charge in [0.15, 0.2) is 5.78 Å². The van der Waals surface area contributed by atoms with Gasteiger partial charge in [-0.05, 0) is 6.92 Å². The fourth-order valence-electron chi connectivity index (χ4n) is 1.10. The molecule has 0 radical (unpaired) electrons. The maximum absolute atomic E-state index is 11.4. The summed E-state index contributed by atoms with van der Waals surface area (Å²) in [7, 11) is 0. The molecule has 5 heteroatoms. The molecule has 0 saturated carbocycles. The van der Waals surface area contributed by atoms with E-state index in [1.54, 1.807) is 6.92 Å². The van der Waals surface area contributed by atoms with Gasteiger partial charge in [-0.25, -0.2) is 0 Å². The molecular weight excluding hydrogens is 240 g/mol. The summed E-state index contributed by atoms with van der Waals surface area (Å²) >= 11 is 3.13. The molecule has 0 N–H and O–H groups in total. The number of rotatable bonds is 2. The number of ketones is 1. The fraction of sp³-hybridized carbons (Fsp3) is 0.750. The molecule has 0 aromatic carbocycles. The Morgan fingerprint density at radius 3 is 3.00 bits per heavy atom. The second kappa shape index (κ2) is 4.72. The third-order valence-electron chi connectivity index (χ3n) is 1.77. The lowest BCUT2D eigenvalue weighted by molar-refractivity contribution is -0.156. The van der Waals surface area contributed by atoms with Gasteiger partial charge in [-0.15, -0.1) is 0 Å². The summed E-state index contributed by atoms with van der Waals surface area (Å²) in [5.41, 5.74) is 0. The Bertz CT molecular complexity index is 216. The lowest BCUT2D eigenvalue weighted by Crippen LogP contribution is -2.41. The predicted octanol–water partition coefficient (Wildman–Crippen LogP) is 0.528. The van der Waals surface area contributed by atoms with Crippen molar-refractivity contribution in [2.24, 2.45) is 5.92 Å². The molecular formula is C8H11BrO4. The molecule has 0 bridgehead atoms. The number of Topliss-reactive ketones (excluding diaryl/α,β-unsaturated/α-hetero) is 1. The van der Waals surface area contributed by atoms with E-state index in [9.17, 15) is 9.59 Å². The quantitative estimate of drug-likeness (QED) is 0.408. The van der Waals surface area contributed by atoms with Gasteiger partial charge in [0.05, 0.1) is 24.6 Å². The van der Waals surface area contributed by atoms with Crippen LogP contribution in [0.25, 0.3) is 0 Å². The molecule has 1 saturated heterocycles. The van der Waals surface area contributed by atoms with Crippen LogP contribution >= 0.6 is 15.9 Å². The summed E-state index contributed by atoms with van der Waals surface area (Å²) in [5.74, 6) is -1.39. The van der Waals surface area contributed by atoms with Crippen LogP contribution in [0, 0.1) is 5.92 Å². The predicted molar refractivity (Wildman–Crippen MR) is 48.7 cm³/mol. The molecule has 1 rings (SSSR count). The summed E-state index contributed by atoms with van der Waals surface area (Å²) in [5, 5.41) is 0. The van der Waals surface area contributed by atoms with E-state index in [0.29, 0.717) is 6.61 Å². The van der Waals surface area contributed by atoms with Gasteiger partial charge in [0.2, 0.25) is 0 Å². The summed E-state index contributed by atoms with van der Waals surface area (Å²) in [6.45, 7) is 2.46. The second-order valence-electron chi connectivity index (χ2n) is 2.71. The van der Waals surface area contributed by atoms with E-state index in [0.717, 1.165) is 0 Å². The number of hydrogen-bond donors (Lipinski definition) is 0. The molecule has 0 aromatic heterocycles. The smallest absolute Gasteiger partial charge is 0.318 e. The molecule has 0 amide bonds. The van der Waals surface area contributed by atoms with E-state index in [2.05, 4.69) is 15.9 Å². The Labute approximate surface area is 84.7 Å². The largest absolute Gasteiger partial charge is 0.465 e. The highest BCUT2D eigenvalue weighted by atomic mass is 79.9. The minimum absolute atomic E-state index is 0.139. The summed E-state index contributed by atoms with van der Waals surface area (Å²) in [6.07, 6.45) is 0. The van der Waals surface area contributed by atoms with Crippen molar-refractivity contribution >= 4 is 27.7 Å². The molecule has 1 heterocycles. The number of esters is 1. The maximum Gasteiger partial charge on any atom is 0.318 e. The first-order valence-electron chi connectivity index (χ1n) is 4.09. The van der Waals surface area contributed by atoms with E-state index in [-0.39, 0.29) is 23.8 Å². The minimum Gasteiger partial charge on any atom is -0.465 e. The van der Waals surface area contributed by atoms with Crippen LogP contribution in [0.4, 0.5) is 0 Å². The second-order valence-corrected chi connectivity index (χ2v) is 3.82. The fourth-order valence-corrected chi connectivity index (χ4v) is 1.60. The number of carbonyl (C=O) groups excluding carboxylic acids is 2. The van der Waals surface area contributed by atoms with Crippen LogP contribution in [-0.4, -0.2) is 36.4 Å². The highest BCUT2D eigenvalue weighted by molar-refractivity contribution is 9.10. The topological polar surface area (TPSA) is 52.6 Å². The zero-order valence-corrected chi connectivity index (χ0v) is 8.87. The van der Waals surface area contributed by atoms with Crippen LogP contribution < -0.4 is 0 Å². The molecule has 74 valence electrons. The van der Waals surface area contributed by atoms with Gasteiger partial charge >= 0.3 is 5.97 Å². The summed E-state index contributed by atoms with van der Waals surface area (Å²) in [4.78, 5) is 22.2. The van der Waals surface area contributed by atoms with Gasteiger partial charge in [0.1, 0.15) is 5.92 Å². The summed E-state index contributed by atoms with van der Waals surface area (Å²) < 4.78 is 9.80. The van der Waals surface area contributed by atoms with Crippen molar-refractivity contribution in [2.75, 3.05) is 19.8 Å². The van der Waals surface area contributed by atoms with Crippen molar-refractivity contribution in [3.63, 3.8) is 0 Å². The van der Waals surface area contributed by atoms with E-state index in [4.69, 9.17) is 9.47 Å². The van der Waals surface area contributed by atoms with Crippen molar-refractivity contribution in [1.82, 2.24) is 0 Å². The van der Waals surface area contributed by atoms with Crippen molar-refractivity contribution in [3.8, 4) is 0 Å². The molecule has 0 aromatic rings. The highest BCUT2D eigenvalue weighted by Gasteiger charge is 2.36. The molecule has 4 nitrogen and oxygen atoms in total. The molecule has 0 unspecified atom stereocenters. The SMILES string of the molecule is CCOC(=O)[C@@H]1COC[C@H](Br)C1=O. The Morgan fingerprint density at radius 1 is 1.69 bits per heavy atom. The van der Waals surface area contributed by atoms with Crippen LogP contribution in [0.15, 0.2) is 0 Å². The standard InChI is InChI=1S/C8H11BrO4/c1-2-13-8(11)5-3-12-4-6(9)7(5)10/h5-6H,2-4H2,1H3/t5-,6+/m1/s1. The van der Waals surface area contributed by atoms with Crippen LogP contribution in [0.3, 0.4) is 0 Å². The summed E-state index contributed by atoms with van der Waals surface area (Å²) in [6, 6.07) is 0. The number of carbonyl (C=O) groups is 2. The van der Waals surface area contributed by atoms with E-state index < -0.39 is 11.9 Å². The van der Waals surface area contributed by atoms with Gasteiger partial charge in [0.25, 0.3) is 0 Å². The van der Waals surface area contributed by atoms with E-state index >= 15 is 0 Å². The Kier molecular flexibility index (Phi) is 3.87. The zero-order valence-electron chi connectivity index (χ0n) is 7.29. The van der Waals surface area contributed by atoms with Crippen LogP contribution in [-0.2, 0) is 19.1 Å². The number of alkyl halides is 1. The Morgan fingerprint density at radius 2 is 2.38 bits per heavy atom. The lowest BCUT2D eigenvalue weighted by atomic mass is 10.0. The maximum atomic E-state index is 11.4. The monoisotopic (exact) mass is 250 g/mol. The molecule has 1 aliphatic rings. The number of ether oxygens (including phenoxy) is 2. The van der Waals surface area contributed by atoms with Gasteiger partial charge in [-0.3, -0.25) is 9.59 Å². The van der Waals surface area contributed by atoms with Crippen LogP contribution in [0.2, 0.25) is 0 Å². The first-order chi connectivity index (χ1) is 6.16. The van der Waals surface area contributed by atoms with Crippen molar-refractivity contribution < 1.29 is 19.1 Å². The molecule has 1 aliphatic heterocycles. The minimum atomic E-state index is -0.752. The van der Waals surface area contributed by atoms with Gasteiger partial charge in [-0.2, -0.15) is 0 Å². The van der Waals surface area contributed by atoms with Crippen molar-refractivity contribution in [1.29, 1.82) is 0 Å². The Hall–Kier alpha value is -0.420. The Balaban J connectivity index is 2.57. The lowest BCUT2D eigenvalue weighted by Gasteiger charge is -2.22. The first kappa shape index (κ1) is 10.7. The third-order valence-corrected chi connectivity index (χ3v) is 2.49. The first-order valence-corrected chi connectivity index (χ1v) is 5.00. The molecule has 13 heavy (non-hydrogen) atoms. The molecule has 0 spiro atoms. The molecule has 2 atom stereocenters. The molecule has 1 fully saturated rings. The van der Waals surface area contributed by atoms with Crippen LogP contribution in [0.1, 0.15) is 6.92 Å². The third kappa shape index (κ3) is 2.51. The average molecular weight is 251 g/mol. The average Bonchev–Trinajstić information content (AvgIpc) is 2.10. The molecule has 0 aliphatic carbocycles. The van der Waals surface area contributed by atoms with Crippen molar-refractivity contribution in [3.05, 3.63) is 0 Å². The van der Waals surface area contributed by atoms with Gasteiger partial charge in [0, 0.05) is 0 Å². The van der Waals surface area contributed by atoms with E-state index in [1.165, 1.54) is 0 Å².